The van der Waals surface area contributed by atoms with E-state index in [-0.39, 0.29) is 0 Å². The molecule has 0 aliphatic carbocycles. The van der Waals surface area contributed by atoms with Crippen molar-refractivity contribution in [1.82, 2.24) is 0 Å². The SMILES string of the molecule is Cc1ccc2c(c1)OC/C2=C\C(=O)O. The molecule has 0 bridgehead atoms. The van der Waals surface area contributed by atoms with E-state index >= 15 is 0 Å². The van der Waals surface area contributed by atoms with Crippen LogP contribution >= 0.6 is 0 Å². The van der Waals surface area contributed by atoms with Crippen molar-refractivity contribution in [3.8, 4) is 5.75 Å². The van der Waals surface area contributed by atoms with Gasteiger partial charge in [0.05, 0.1) is 0 Å². The number of hydrogen-bond acceptors (Lipinski definition) is 2. The number of aryl methyl sites for hydroxylation is 1. The monoisotopic (exact) mass is 190 g/mol. The Hall–Kier alpha value is -1.77. The van der Waals surface area contributed by atoms with Crippen LogP contribution in [0.2, 0.25) is 0 Å². The van der Waals surface area contributed by atoms with Crippen molar-refractivity contribution in [1.29, 1.82) is 0 Å². The largest absolute Gasteiger partial charge is 0.488 e. The maximum Gasteiger partial charge on any atom is 0.328 e. The molecule has 1 aliphatic heterocycles. The van der Waals surface area contributed by atoms with Crippen molar-refractivity contribution in [3.05, 3.63) is 35.4 Å². The van der Waals surface area contributed by atoms with Gasteiger partial charge in [0.15, 0.2) is 0 Å². The lowest BCUT2D eigenvalue weighted by atomic mass is 10.1. The van der Waals surface area contributed by atoms with Gasteiger partial charge in [-0.25, -0.2) is 4.79 Å². The number of ether oxygens (including phenoxy) is 1. The first-order chi connectivity index (χ1) is 6.66. The van der Waals surface area contributed by atoms with Crippen LogP contribution in [0.25, 0.3) is 5.57 Å². The number of fused-ring (bicyclic) bond motifs is 1. The van der Waals surface area contributed by atoms with Crippen molar-refractivity contribution in [3.63, 3.8) is 0 Å². The molecule has 0 atom stereocenters. The Bertz CT molecular complexity index is 419. The predicted molar refractivity (Wildman–Crippen MR) is 52.3 cm³/mol. The van der Waals surface area contributed by atoms with E-state index in [2.05, 4.69) is 0 Å². The molecule has 0 aromatic heterocycles. The van der Waals surface area contributed by atoms with Crippen LogP contribution in [-0.4, -0.2) is 17.7 Å². The normalized spacial score (nSPS) is 16.5. The first kappa shape index (κ1) is 8.81. The van der Waals surface area contributed by atoms with Gasteiger partial charge in [-0.2, -0.15) is 0 Å². The number of rotatable bonds is 1. The van der Waals surface area contributed by atoms with Gasteiger partial charge in [0.2, 0.25) is 0 Å². The highest BCUT2D eigenvalue weighted by Gasteiger charge is 2.18. The third-order valence-corrected chi connectivity index (χ3v) is 2.16. The van der Waals surface area contributed by atoms with Crippen LogP contribution < -0.4 is 4.74 Å². The summed E-state index contributed by atoms with van der Waals surface area (Å²) in [4.78, 5) is 10.5. The third-order valence-electron chi connectivity index (χ3n) is 2.16. The van der Waals surface area contributed by atoms with Crippen LogP contribution in [0.4, 0.5) is 0 Å². The summed E-state index contributed by atoms with van der Waals surface area (Å²) in [5.41, 5.74) is 2.73. The molecule has 1 N–H and O–H groups in total. The summed E-state index contributed by atoms with van der Waals surface area (Å²) in [6.07, 6.45) is 1.20. The maximum absolute atomic E-state index is 10.5. The van der Waals surface area contributed by atoms with Crippen molar-refractivity contribution >= 4 is 11.5 Å². The van der Waals surface area contributed by atoms with Crippen LogP contribution in [0.5, 0.6) is 5.75 Å². The number of hydrogen-bond donors (Lipinski definition) is 1. The molecule has 3 nitrogen and oxygen atoms in total. The first-order valence-corrected chi connectivity index (χ1v) is 4.34. The van der Waals surface area contributed by atoms with Gasteiger partial charge in [-0.05, 0) is 18.6 Å². The molecule has 3 heteroatoms. The van der Waals surface area contributed by atoms with Gasteiger partial charge in [0, 0.05) is 17.2 Å². The van der Waals surface area contributed by atoms with Crippen molar-refractivity contribution < 1.29 is 14.6 Å². The molecule has 0 fully saturated rings. The summed E-state index contributed by atoms with van der Waals surface area (Å²) in [7, 11) is 0. The van der Waals surface area contributed by atoms with Gasteiger partial charge in [-0.15, -0.1) is 0 Å². The summed E-state index contributed by atoms with van der Waals surface area (Å²) in [5, 5.41) is 8.62. The van der Waals surface area contributed by atoms with Crippen LogP contribution in [0, 0.1) is 6.92 Å². The second-order valence-electron chi connectivity index (χ2n) is 3.30. The second kappa shape index (κ2) is 3.18. The Morgan fingerprint density at radius 2 is 2.36 bits per heavy atom. The molecule has 0 saturated heterocycles. The average molecular weight is 190 g/mol. The molecule has 0 spiro atoms. The van der Waals surface area contributed by atoms with Crippen molar-refractivity contribution in [2.45, 2.75) is 6.92 Å². The standard InChI is InChI=1S/C11H10O3/c1-7-2-3-9-8(5-11(12)13)6-14-10(9)4-7/h2-5H,6H2,1H3,(H,12,13)/b8-5+. The molecule has 2 rings (SSSR count). The Morgan fingerprint density at radius 3 is 3.07 bits per heavy atom. The lowest BCUT2D eigenvalue weighted by Gasteiger charge is -1.98. The number of carbonyl (C=O) groups is 1. The highest BCUT2D eigenvalue weighted by atomic mass is 16.5. The van der Waals surface area contributed by atoms with Gasteiger partial charge in [0.1, 0.15) is 12.4 Å². The van der Waals surface area contributed by atoms with E-state index in [0.29, 0.717) is 6.61 Å². The highest BCUT2D eigenvalue weighted by molar-refractivity contribution is 5.92. The van der Waals surface area contributed by atoms with Crippen molar-refractivity contribution in [2.24, 2.45) is 0 Å². The Morgan fingerprint density at radius 1 is 1.57 bits per heavy atom. The zero-order valence-corrected chi connectivity index (χ0v) is 7.78. The topological polar surface area (TPSA) is 46.5 Å². The van der Waals surface area contributed by atoms with Crippen LogP contribution in [0.15, 0.2) is 24.3 Å². The summed E-state index contributed by atoms with van der Waals surface area (Å²) < 4.78 is 5.36. The minimum Gasteiger partial charge on any atom is -0.488 e. The highest BCUT2D eigenvalue weighted by Crippen LogP contribution is 2.33. The minimum absolute atomic E-state index is 0.352. The van der Waals surface area contributed by atoms with E-state index < -0.39 is 5.97 Å². The summed E-state index contributed by atoms with van der Waals surface area (Å²) in [6, 6.07) is 5.76. The first-order valence-electron chi connectivity index (χ1n) is 4.34. The van der Waals surface area contributed by atoms with E-state index in [0.717, 1.165) is 22.4 Å². The van der Waals surface area contributed by atoms with Gasteiger partial charge in [-0.1, -0.05) is 12.1 Å². The second-order valence-corrected chi connectivity index (χ2v) is 3.30. The predicted octanol–water partition coefficient (Wildman–Crippen LogP) is 1.86. The number of carboxylic acid groups (broad SMARTS) is 1. The zero-order chi connectivity index (χ0) is 10.1. The number of benzene rings is 1. The summed E-state index contributed by atoms with van der Waals surface area (Å²) in [6.45, 7) is 2.33. The fraction of sp³-hybridized carbons (Fsp3) is 0.182. The third kappa shape index (κ3) is 1.48. The molecule has 1 heterocycles. The molecule has 0 saturated carbocycles. The Labute approximate surface area is 81.6 Å². The molecule has 72 valence electrons. The van der Waals surface area contributed by atoms with Crippen LogP contribution in [-0.2, 0) is 4.79 Å². The van der Waals surface area contributed by atoms with Gasteiger partial charge in [-0.3, -0.25) is 0 Å². The zero-order valence-electron chi connectivity index (χ0n) is 7.78. The van der Waals surface area contributed by atoms with Crippen LogP contribution in [0.1, 0.15) is 11.1 Å². The Balaban J connectivity index is 2.45. The quantitative estimate of drug-likeness (QED) is 0.687. The number of aliphatic carboxylic acids is 1. The maximum atomic E-state index is 10.5. The molecule has 0 radical (unpaired) electrons. The van der Waals surface area contributed by atoms with E-state index in [1.807, 2.05) is 25.1 Å². The average Bonchev–Trinajstić information content (AvgIpc) is 2.47. The number of carboxylic acids is 1. The molecule has 14 heavy (non-hydrogen) atoms. The smallest absolute Gasteiger partial charge is 0.328 e. The van der Waals surface area contributed by atoms with Gasteiger partial charge < -0.3 is 9.84 Å². The fourth-order valence-corrected chi connectivity index (χ4v) is 1.52. The van der Waals surface area contributed by atoms with Crippen LogP contribution in [0.3, 0.4) is 0 Å². The molecular weight excluding hydrogens is 180 g/mol. The summed E-state index contributed by atoms with van der Waals surface area (Å²) in [5.74, 6) is -0.158. The molecule has 0 unspecified atom stereocenters. The molecule has 1 aliphatic rings. The minimum atomic E-state index is -0.933. The lowest BCUT2D eigenvalue weighted by molar-refractivity contribution is -0.131. The van der Waals surface area contributed by atoms with Crippen molar-refractivity contribution in [2.75, 3.05) is 6.61 Å². The molecular formula is C11H10O3. The van der Waals surface area contributed by atoms with E-state index in [4.69, 9.17) is 9.84 Å². The molecule has 1 aromatic carbocycles. The van der Waals surface area contributed by atoms with E-state index in [9.17, 15) is 4.79 Å². The van der Waals surface area contributed by atoms with Gasteiger partial charge in [0.25, 0.3) is 0 Å². The fourth-order valence-electron chi connectivity index (χ4n) is 1.52. The summed E-state index contributed by atoms with van der Waals surface area (Å²) >= 11 is 0. The van der Waals surface area contributed by atoms with Gasteiger partial charge >= 0.3 is 5.97 Å². The Kier molecular flexibility index (Phi) is 2.00. The lowest BCUT2D eigenvalue weighted by Crippen LogP contribution is -1.93. The van der Waals surface area contributed by atoms with E-state index in [1.165, 1.54) is 6.08 Å². The van der Waals surface area contributed by atoms with E-state index in [1.54, 1.807) is 0 Å². The molecule has 0 amide bonds. The molecule has 1 aromatic rings.